The van der Waals surface area contributed by atoms with Gasteiger partial charge >= 0.3 is 23.9 Å². The summed E-state index contributed by atoms with van der Waals surface area (Å²) in [5, 5.41) is 6.55. The largest absolute Gasteiger partial charge is 0.463 e. The van der Waals surface area contributed by atoms with Crippen LogP contribution < -0.4 is 25.8 Å². The SMILES string of the molecule is CC(=O)OC[C@H]1OC(NC(=S)NNP(=S)(Oc2ccc(C(C)(C)C)cc2)c2ccccc2)[C@H](OC(C)=O)[C@@H](OC(C)=O)[C@@H]1OC(C)=O. The van der Waals surface area contributed by atoms with Gasteiger partial charge in [0.05, 0.1) is 0 Å². The fraction of sp³-hybridized carbons (Fsp3) is 0.452. The second-order valence-electron chi connectivity index (χ2n) is 11.6. The van der Waals surface area contributed by atoms with Crippen LogP contribution >= 0.6 is 18.6 Å². The highest BCUT2D eigenvalue weighted by Gasteiger charge is 2.52. The van der Waals surface area contributed by atoms with Crippen molar-refractivity contribution in [3.63, 3.8) is 0 Å². The van der Waals surface area contributed by atoms with Crippen molar-refractivity contribution >= 4 is 64.7 Å². The predicted octanol–water partition coefficient (Wildman–Crippen LogP) is 3.05. The molecule has 3 N–H and O–H groups in total. The van der Waals surface area contributed by atoms with Gasteiger partial charge in [0.2, 0.25) is 6.42 Å². The zero-order valence-electron chi connectivity index (χ0n) is 27.1. The fourth-order valence-electron chi connectivity index (χ4n) is 4.56. The van der Waals surface area contributed by atoms with Crippen LogP contribution in [0, 0.1) is 0 Å². The first-order valence-electron chi connectivity index (χ1n) is 14.6. The summed E-state index contributed by atoms with van der Waals surface area (Å²) in [4.78, 5) is 47.9. The Balaban J connectivity index is 1.88. The van der Waals surface area contributed by atoms with Gasteiger partial charge in [-0.3, -0.25) is 24.6 Å². The van der Waals surface area contributed by atoms with Gasteiger partial charge in [0, 0.05) is 33.0 Å². The van der Waals surface area contributed by atoms with Crippen LogP contribution in [0.2, 0.25) is 0 Å². The third kappa shape index (κ3) is 11.2. The maximum absolute atomic E-state index is 12.2. The molecule has 1 heterocycles. The number of hydrogen-bond acceptors (Lipinski definition) is 12. The van der Waals surface area contributed by atoms with Gasteiger partial charge < -0.3 is 33.5 Å². The lowest BCUT2D eigenvalue weighted by atomic mass is 9.87. The average Bonchev–Trinajstić information content (AvgIpc) is 2.98. The van der Waals surface area contributed by atoms with Crippen molar-refractivity contribution in [3.8, 4) is 5.75 Å². The van der Waals surface area contributed by atoms with E-state index in [1.165, 1.54) is 6.92 Å². The van der Waals surface area contributed by atoms with Crippen LogP contribution in [-0.2, 0) is 60.1 Å². The second-order valence-corrected chi connectivity index (χ2v) is 15.6. The Kier molecular flexibility index (Phi) is 13.3. The van der Waals surface area contributed by atoms with Gasteiger partial charge in [-0.05, 0) is 59.3 Å². The van der Waals surface area contributed by atoms with Crippen molar-refractivity contribution in [2.24, 2.45) is 0 Å². The van der Waals surface area contributed by atoms with E-state index in [0.29, 0.717) is 11.1 Å². The molecule has 0 aromatic heterocycles. The quantitative estimate of drug-likeness (QED) is 0.103. The molecular formula is C31H40N3O10PS2. The first kappa shape index (κ1) is 37.8. The van der Waals surface area contributed by atoms with Gasteiger partial charge in [-0.15, -0.1) is 0 Å². The number of hydrazine groups is 1. The highest BCUT2D eigenvalue weighted by Crippen LogP contribution is 2.42. The van der Waals surface area contributed by atoms with E-state index in [4.69, 9.17) is 52.2 Å². The van der Waals surface area contributed by atoms with Crippen molar-refractivity contribution in [3.05, 3.63) is 60.2 Å². The topological polar surface area (TPSA) is 160 Å². The molecule has 0 aliphatic carbocycles. The van der Waals surface area contributed by atoms with E-state index in [1.54, 1.807) is 0 Å². The molecule has 6 atom stereocenters. The number of hydrogen-bond donors (Lipinski definition) is 3. The van der Waals surface area contributed by atoms with Gasteiger partial charge in [0.15, 0.2) is 29.7 Å². The van der Waals surface area contributed by atoms with E-state index in [-0.39, 0.29) is 17.1 Å². The molecular weight excluding hydrogens is 669 g/mol. The summed E-state index contributed by atoms with van der Waals surface area (Å²) in [5.41, 5.74) is 3.93. The third-order valence-electron chi connectivity index (χ3n) is 6.63. The van der Waals surface area contributed by atoms with E-state index in [1.807, 2.05) is 54.6 Å². The molecule has 0 spiro atoms. The number of nitrogens with one attached hydrogen (secondary N) is 3. The molecule has 2 aromatic rings. The van der Waals surface area contributed by atoms with E-state index < -0.39 is 60.9 Å². The summed E-state index contributed by atoms with van der Waals surface area (Å²) in [6.45, 7) is 10.6. The van der Waals surface area contributed by atoms with Crippen molar-refractivity contribution in [2.75, 3.05) is 6.61 Å². The second kappa shape index (κ2) is 16.5. The molecule has 2 unspecified atom stereocenters. The van der Waals surface area contributed by atoms with Crippen LogP contribution in [0.4, 0.5) is 0 Å². The fourth-order valence-corrected chi connectivity index (χ4v) is 7.09. The van der Waals surface area contributed by atoms with E-state index in [0.717, 1.165) is 26.3 Å². The van der Waals surface area contributed by atoms with Gasteiger partial charge in [-0.1, -0.05) is 51.1 Å². The Labute approximate surface area is 284 Å². The smallest absolute Gasteiger partial charge is 0.303 e. The van der Waals surface area contributed by atoms with Crippen LogP contribution in [0.3, 0.4) is 0 Å². The lowest BCUT2D eigenvalue weighted by Gasteiger charge is -2.44. The minimum Gasteiger partial charge on any atom is -0.463 e. The molecule has 0 saturated carbocycles. The molecule has 13 nitrogen and oxygen atoms in total. The van der Waals surface area contributed by atoms with Crippen molar-refractivity contribution in [2.45, 2.75) is 84.5 Å². The number of benzene rings is 2. The van der Waals surface area contributed by atoms with Crippen LogP contribution in [-0.4, -0.2) is 66.2 Å². The van der Waals surface area contributed by atoms with Gasteiger partial charge in [0.1, 0.15) is 18.5 Å². The van der Waals surface area contributed by atoms with Gasteiger partial charge in [-0.25, -0.2) is 0 Å². The van der Waals surface area contributed by atoms with Gasteiger partial charge in [0.25, 0.3) is 0 Å². The number of esters is 4. The number of thiocarbonyl (C=S) groups is 1. The molecule has 1 saturated heterocycles. The summed E-state index contributed by atoms with van der Waals surface area (Å²) in [6, 6.07) is 16.8. The molecule has 1 fully saturated rings. The summed E-state index contributed by atoms with van der Waals surface area (Å²) >= 11 is 11.6. The molecule has 16 heteroatoms. The van der Waals surface area contributed by atoms with Crippen LogP contribution in [0.1, 0.15) is 54.0 Å². The van der Waals surface area contributed by atoms with Crippen LogP contribution in [0.5, 0.6) is 5.75 Å². The maximum Gasteiger partial charge on any atom is 0.303 e. The minimum absolute atomic E-state index is 0.0507. The third-order valence-corrected chi connectivity index (χ3v) is 9.83. The van der Waals surface area contributed by atoms with E-state index >= 15 is 0 Å². The number of rotatable bonds is 11. The van der Waals surface area contributed by atoms with E-state index in [9.17, 15) is 19.2 Å². The molecule has 1 aliphatic heterocycles. The monoisotopic (exact) mass is 709 g/mol. The maximum atomic E-state index is 12.2. The molecule has 47 heavy (non-hydrogen) atoms. The lowest BCUT2D eigenvalue weighted by molar-refractivity contribution is -0.254. The van der Waals surface area contributed by atoms with Gasteiger partial charge in [-0.2, -0.15) is 5.20 Å². The summed E-state index contributed by atoms with van der Waals surface area (Å²) < 4.78 is 33.9. The molecule has 2 aromatic carbocycles. The summed E-state index contributed by atoms with van der Waals surface area (Å²) in [7, 11) is 0. The average molecular weight is 710 g/mol. The highest BCUT2D eigenvalue weighted by molar-refractivity contribution is 8.15. The first-order valence-corrected chi connectivity index (χ1v) is 17.7. The van der Waals surface area contributed by atoms with Crippen molar-refractivity contribution < 1.29 is 47.4 Å². The van der Waals surface area contributed by atoms with E-state index in [2.05, 4.69) is 36.7 Å². The number of ether oxygens (including phenoxy) is 5. The number of carbonyl (C=O) groups is 4. The molecule has 1 aliphatic rings. The Hall–Kier alpha value is -3.62. The molecule has 0 radical (unpaired) electrons. The minimum atomic E-state index is -3.05. The summed E-state index contributed by atoms with van der Waals surface area (Å²) in [6.07, 6.45) is -9.51. The van der Waals surface area contributed by atoms with Crippen LogP contribution in [0.25, 0.3) is 0 Å². The van der Waals surface area contributed by atoms with Crippen molar-refractivity contribution in [1.82, 2.24) is 15.9 Å². The zero-order valence-corrected chi connectivity index (χ0v) is 29.7. The molecule has 256 valence electrons. The van der Waals surface area contributed by atoms with Crippen LogP contribution in [0.15, 0.2) is 54.6 Å². The Morgan fingerprint density at radius 2 is 1.36 bits per heavy atom. The summed E-state index contributed by atoms with van der Waals surface area (Å²) in [5.74, 6) is -2.33. The Morgan fingerprint density at radius 1 is 0.809 bits per heavy atom. The lowest BCUT2D eigenvalue weighted by Crippen LogP contribution is -2.67. The number of carbonyl (C=O) groups excluding carboxylic acids is 4. The zero-order chi connectivity index (χ0) is 34.9. The van der Waals surface area contributed by atoms with Crippen molar-refractivity contribution in [1.29, 1.82) is 0 Å². The Bertz CT molecular complexity index is 1490. The standard InChI is InChI=1S/C31H40N3O10PS2/c1-18(35)39-17-25-26(40-19(2)36)27(41-20(3)37)28(42-21(4)38)29(43-25)32-30(46)33-34-45(47,24-11-9-8-10-12-24)44-23-15-13-22(14-16-23)31(5,6)7/h8-16,25-29H,17H2,1-7H3,(H,34,47)(H2,32,33,46)/t25-,26-,27+,28-,29?,45?/m1/s1. The Morgan fingerprint density at radius 3 is 1.89 bits per heavy atom. The molecule has 3 rings (SSSR count). The normalized spacial score (nSPS) is 22.1. The first-order chi connectivity index (χ1) is 22.0. The highest BCUT2D eigenvalue weighted by atomic mass is 32.4. The molecule has 0 amide bonds. The predicted molar refractivity (Wildman–Crippen MR) is 180 cm³/mol. The molecule has 0 bridgehead atoms.